The molecule has 1 aliphatic rings. The number of ether oxygens (including phenoxy) is 2. The number of para-hydroxylation sites is 1. The third kappa shape index (κ3) is 5.23. The average molecular weight is 536 g/mol. The van der Waals surface area contributed by atoms with Gasteiger partial charge in [0.15, 0.2) is 17.5 Å². The van der Waals surface area contributed by atoms with Gasteiger partial charge in [0.25, 0.3) is 0 Å². The van der Waals surface area contributed by atoms with Crippen LogP contribution in [0, 0.1) is 11.7 Å². The highest BCUT2D eigenvalue weighted by molar-refractivity contribution is 5.79. The highest BCUT2D eigenvalue weighted by Gasteiger charge is 2.47. The van der Waals surface area contributed by atoms with Crippen LogP contribution >= 0.6 is 0 Å². The molecule has 0 radical (unpaired) electrons. The largest absolute Gasteiger partial charge is 0.490 e. The zero-order chi connectivity index (χ0) is 27.1. The lowest BCUT2D eigenvalue weighted by Crippen LogP contribution is -2.47. The summed E-state index contributed by atoms with van der Waals surface area (Å²) in [5.74, 6) is -3.51. The summed E-state index contributed by atoms with van der Waals surface area (Å²) in [6.45, 7) is 1.82. The van der Waals surface area contributed by atoms with E-state index in [-0.39, 0.29) is 12.2 Å². The normalized spacial score (nSPS) is 19.9. The summed E-state index contributed by atoms with van der Waals surface area (Å²) in [5, 5.41) is 3.18. The van der Waals surface area contributed by atoms with E-state index in [2.05, 4.69) is 20.3 Å². The Kier molecular flexibility index (Phi) is 6.63. The minimum absolute atomic E-state index is 0.0671. The van der Waals surface area contributed by atoms with Crippen molar-refractivity contribution in [2.24, 2.45) is 5.92 Å². The predicted molar refractivity (Wildman–Crippen MR) is 127 cm³/mol. The van der Waals surface area contributed by atoms with Crippen LogP contribution in [0.25, 0.3) is 22.1 Å². The molecule has 1 aliphatic heterocycles. The molecule has 0 bridgehead atoms. The SMILES string of the molecule is C[C@@](COc1cccc2ocnc12)(CC1CNCCC1c1cc2[nH]c(=O)[nH]c2cc1F)OC(=O)C(F)(F)F. The second-order valence-electron chi connectivity index (χ2n) is 9.64. The number of piperidine rings is 1. The Morgan fingerprint density at radius 3 is 2.74 bits per heavy atom. The molecule has 4 aromatic rings. The van der Waals surface area contributed by atoms with Crippen LogP contribution in [0.4, 0.5) is 17.6 Å². The van der Waals surface area contributed by atoms with Crippen molar-refractivity contribution in [3.63, 3.8) is 0 Å². The van der Waals surface area contributed by atoms with Gasteiger partial charge in [-0.25, -0.2) is 19.0 Å². The lowest BCUT2D eigenvalue weighted by Gasteiger charge is -2.39. The summed E-state index contributed by atoms with van der Waals surface area (Å²) in [6, 6.07) is 7.61. The fourth-order valence-electron chi connectivity index (χ4n) is 5.08. The number of hydrogen-bond acceptors (Lipinski definition) is 7. The van der Waals surface area contributed by atoms with Crippen molar-refractivity contribution in [1.29, 1.82) is 0 Å². The van der Waals surface area contributed by atoms with Crippen molar-refractivity contribution < 1.29 is 36.2 Å². The number of alkyl halides is 3. The number of aromatic nitrogens is 3. The van der Waals surface area contributed by atoms with Crippen molar-refractivity contribution in [1.82, 2.24) is 20.3 Å². The molecule has 202 valence electrons. The van der Waals surface area contributed by atoms with Gasteiger partial charge in [0.1, 0.15) is 23.8 Å². The third-order valence-corrected chi connectivity index (χ3v) is 6.76. The number of aromatic amines is 2. The van der Waals surface area contributed by atoms with Gasteiger partial charge in [-0.3, -0.25) is 0 Å². The number of nitrogens with zero attached hydrogens (tertiary/aromatic N) is 1. The molecule has 38 heavy (non-hydrogen) atoms. The molecule has 3 atom stereocenters. The molecule has 0 saturated carbocycles. The minimum Gasteiger partial charge on any atom is -0.487 e. The third-order valence-electron chi connectivity index (χ3n) is 6.76. The number of benzene rings is 2. The van der Waals surface area contributed by atoms with E-state index >= 15 is 4.39 Å². The van der Waals surface area contributed by atoms with Crippen molar-refractivity contribution in [3.8, 4) is 5.75 Å². The summed E-state index contributed by atoms with van der Waals surface area (Å²) < 4.78 is 70.8. The maximum absolute atomic E-state index is 15.1. The Labute approximate surface area is 212 Å². The Morgan fingerprint density at radius 1 is 1.21 bits per heavy atom. The van der Waals surface area contributed by atoms with E-state index in [0.29, 0.717) is 47.2 Å². The molecule has 1 saturated heterocycles. The topological polar surface area (TPSA) is 122 Å². The van der Waals surface area contributed by atoms with Crippen LogP contribution in [0.2, 0.25) is 0 Å². The number of rotatable bonds is 7. The van der Waals surface area contributed by atoms with E-state index in [4.69, 9.17) is 13.9 Å². The summed E-state index contributed by atoms with van der Waals surface area (Å²) in [4.78, 5) is 32.8. The lowest BCUT2D eigenvalue weighted by atomic mass is 9.75. The standard InChI is InChI=1S/C25H24F4N4O5/c1-24(38-22(34)25(27,28)29,11-36-19-3-2-4-20-21(19)31-12-37-20)9-13-10-30-6-5-14(13)15-7-17-18(8-16(15)26)33-23(35)32-17/h2-4,7-8,12-14,30H,5-6,9-11H2,1H3,(H2,32,33,35)/t13?,14?,24-/m0/s1. The maximum Gasteiger partial charge on any atom is 0.490 e. The molecular formula is C25H24F4N4O5. The molecule has 2 aromatic heterocycles. The zero-order valence-corrected chi connectivity index (χ0v) is 20.2. The van der Waals surface area contributed by atoms with Crippen molar-refractivity contribution in [2.75, 3.05) is 19.7 Å². The average Bonchev–Trinajstić information content (AvgIpc) is 3.47. The van der Waals surface area contributed by atoms with Gasteiger partial charge in [0, 0.05) is 0 Å². The molecule has 2 aromatic carbocycles. The van der Waals surface area contributed by atoms with Gasteiger partial charge in [-0.05, 0) is 74.5 Å². The smallest absolute Gasteiger partial charge is 0.487 e. The molecule has 5 rings (SSSR count). The Bertz CT molecular complexity index is 1530. The highest BCUT2D eigenvalue weighted by atomic mass is 19.4. The van der Waals surface area contributed by atoms with Gasteiger partial charge in [-0.2, -0.15) is 13.2 Å². The van der Waals surface area contributed by atoms with Crippen LogP contribution in [-0.2, 0) is 9.53 Å². The van der Waals surface area contributed by atoms with E-state index < -0.39 is 47.7 Å². The fraction of sp³-hybridized carbons (Fsp3) is 0.400. The lowest BCUT2D eigenvalue weighted by molar-refractivity contribution is -0.216. The second-order valence-corrected chi connectivity index (χ2v) is 9.64. The molecule has 0 aliphatic carbocycles. The quantitative estimate of drug-likeness (QED) is 0.240. The number of fused-ring (bicyclic) bond motifs is 2. The van der Waals surface area contributed by atoms with E-state index in [1.54, 1.807) is 18.2 Å². The van der Waals surface area contributed by atoms with Crippen LogP contribution < -0.4 is 15.7 Å². The first-order valence-electron chi connectivity index (χ1n) is 11.9. The number of carbonyl (C=O) groups is 1. The van der Waals surface area contributed by atoms with Crippen molar-refractivity contribution >= 4 is 28.1 Å². The number of H-pyrrole nitrogens is 2. The molecule has 3 heterocycles. The number of carbonyl (C=O) groups excluding carboxylic acids is 1. The predicted octanol–water partition coefficient (Wildman–Crippen LogP) is 4.16. The first kappa shape index (κ1) is 25.8. The summed E-state index contributed by atoms with van der Waals surface area (Å²) in [7, 11) is 0. The van der Waals surface area contributed by atoms with Crippen LogP contribution in [0.3, 0.4) is 0 Å². The van der Waals surface area contributed by atoms with E-state index in [1.807, 2.05) is 0 Å². The van der Waals surface area contributed by atoms with Crippen LogP contribution in [-0.4, -0.2) is 52.4 Å². The fourth-order valence-corrected chi connectivity index (χ4v) is 5.08. The van der Waals surface area contributed by atoms with Crippen molar-refractivity contribution in [3.05, 3.63) is 58.6 Å². The minimum atomic E-state index is -5.21. The number of hydrogen-bond donors (Lipinski definition) is 3. The van der Waals surface area contributed by atoms with Crippen LogP contribution in [0.15, 0.2) is 45.9 Å². The Hall–Kier alpha value is -3.87. The molecular weight excluding hydrogens is 512 g/mol. The molecule has 9 nitrogen and oxygen atoms in total. The molecule has 0 amide bonds. The van der Waals surface area contributed by atoms with E-state index in [9.17, 15) is 22.8 Å². The number of halogens is 4. The molecule has 3 N–H and O–H groups in total. The van der Waals surface area contributed by atoms with Gasteiger partial charge in [0.2, 0.25) is 0 Å². The number of oxazole rings is 1. The summed E-state index contributed by atoms with van der Waals surface area (Å²) in [6.07, 6.45) is -3.59. The van der Waals surface area contributed by atoms with Gasteiger partial charge in [-0.1, -0.05) is 6.07 Å². The molecule has 2 unspecified atom stereocenters. The number of nitrogens with one attached hydrogen (secondary N) is 3. The van der Waals surface area contributed by atoms with E-state index in [1.165, 1.54) is 25.5 Å². The second kappa shape index (κ2) is 9.78. The van der Waals surface area contributed by atoms with Gasteiger partial charge in [-0.15, -0.1) is 0 Å². The van der Waals surface area contributed by atoms with Crippen LogP contribution in [0.5, 0.6) is 5.75 Å². The first-order valence-corrected chi connectivity index (χ1v) is 11.9. The van der Waals surface area contributed by atoms with E-state index in [0.717, 1.165) is 0 Å². The van der Waals surface area contributed by atoms with Crippen molar-refractivity contribution in [2.45, 2.75) is 37.5 Å². The molecule has 0 spiro atoms. The highest BCUT2D eigenvalue weighted by Crippen LogP contribution is 2.39. The summed E-state index contributed by atoms with van der Waals surface area (Å²) in [5.41, 5.74) is -0.392. The monoisotopic (exact) mass is 536 g/mol. The van der Waals surface area contributed by atoms with Gasteiger partial charge in [0.05, 0.1) is 11.0 Å². The van der Waals surface area contributed by atoms with Crippen LogP contribution in [0.1, 0.15) is 31.2 Å². The molecule has 13 heteroatoms. The maximum atomic E-state index is 15.1. The Morgan fingerprint density at radius 2 is 1.97 bits per heavy atom. The number of imidazole rings is 1. The van der Waals surface area contributed by atoms with Gasteiger partial charge < -0.3 is 29.2 Å². The zero-order valence-electron chi connectivity index (χ0n) is 20.2. The number of esters is 1. The Balaban J connectivity index is 1.44. The first-order chi connectivity index (χ1) is 18.0. The van der Waals surface area contributed by atoms with Gasteiger partial charge >= 0.3 is 17.8 Å². The molecule has 1 fully saturated rings. The summed E-state index contributed by atoms with van der Waals surface area (Å²) >= 11 is 0.